The van der Waals surface area contributed by atoms with Crippen LogP contribution in [-0.2, 0) is 22.4 Å². The molecule has 22 heavy (non-hydrogen) atoms. The molecule has 0 saturated carbocycles. The standard InChI is InChI=1S/C15H17BrN3O2S/c1-22(2)8-7-21-10-19-13-4-3-11(16)9-12(13)18-15(19)14(20)5-6-17/h3-4,9H,5,7-8,10H2,1-2H3/q+1. The van der Waals surface area contributed by atoms with Crippen molar-refractivity contribution in [2.75, 3.05) is 24.9 Å². The highest BCUT2D eigenvalue weighted by Crippen LogP contribution is 2.21. The molecule has 2 aromatic rings. The Balaban J connectivity index is 2.29. The Morgan fingerprint density at radius 2 is 2.27 bits per heavy atom. The van der Waals surface area contributed by atoms with Crippen molar-refractivity contribution < 1.29 is 9.53 Å². The summed E-state index contributed by atoms with van der Waals surface area (Å²) in [5.41, 5.74) is 1.54. The third kappa shape index (κ3) is 4.09. The summed E-state index contributed by atoms with van der Waals surface area (Å²) in [5, 5.41) is 8.74. The van der Waals surface area contributed by atoms with Crippen LogP contribution in [0.25, 0.3) is 11.0 Å². The van der Waals surface area contributed by atoms with Crippen molar-refractivity contribution in [3.05, 3.63) is 28.5 Å². The van der Waals surface area contributed by atoms with E-state index in [0.29, 0.717) is 23.0 Å². The van der Waals surface area contributed by atoms with Crippen molar-refractivity contribution in [2.24, 2.45) is 0 Å². The Hall–Kier alpha value is -1.36. The molecule has 0 atom stereocenters. The molecule has 0 aliphatic carbocycles. The van der Waals surface area contributed by atoms with Crippen molar-refractivity contribution in [3.8, 4) is 6.07 Å². The second-order valence-electron chi connectivity index (χ2n) is 4.98. The van der Waals surface area contributed by atoms with Crippen LogP contribution in [0.1, 0.15) is 17.0 Å². The van der Waals surface area contributed by atoms with Crippen LogP contribution in [0.3, 0.4) is 0 Å². The van der Waals surface area contributed by atoms with Gasteiger partial charge in [0.2, 0.25) is 5.78 Å². The van der Waals surface area contributed by atoms with Gasteiger partial charge in [0.25, 0.3) is 0 Å². The summed E-state index contributed by atoms with van der Waals surface area (Å²) in [4.78, 5) is 16.4. The quantitative estimate of drug-likeness (QED) is 0.419. The molecule has 0 unspecified atom stereocenters. The van der Waals surface area contributed by atoms with E-state index >= 15 is 0 Å². The summed E-state index contributed by atoms with van der Waals surface area (Å²) in [7, 11) is 0.323. The van der Waals surface area contributed by atoms with E-state index in [9.17, 15) is 4.79 Å². The Morgan fingerprint density at radius 3 is 2.95 bits per heavy atom. The monoisotopic (exact) mass is 382 g/mol. The number of carbonyl (C=O) groups is 1. The molecule has 0 radical (unpaired) electrons. The molecule has 1 heterocycles. The number of nitrogens with zero attached hydrogens (tertiary/aromatic N) is 3. The maximum Gasteiger partial charge on any atom is 0.212 e. The fourth-order valence-electron chi connectivity index (χ4n) is 1.98. The Bertz CT molecular complexity index is 721. The van der Waals surface area contributed by atoms with E-state index in [-0.39, 0.29) is 24.8 Å². The number of benzene rings is 1. The van der Waals surface area contributed by atoms with Crippen molar-refractivity contribution >= 4 is 43.6 Å². The van der Waals surface area contributed by atoms with Gasteiger partial charge in [-0.05, 0) is 29.1 Å². The van der Waals surface area contributed by atoms with Gasteiger partial charge in [-0.25, -0.2) is 4.98 Å². The van der Waals surface area contributed by atoms with E-state index in [1.165, 1.54) is 0 Å². The molecule has 0 aliphatic heterocycles. The second-order valence-corrected chi connectivity index (χ2v) is 8.28. The molecule has 0 aliphatic rings. The van der Waals surface area contributed by atoms with Crippen LogP contribution >= 0.6 is 15.9 Å². The number of halogens is 1. The maximum absolute atomic E-state index is 12.1. The lowest BCUT2D eigenvalue weighted by atomic mass is 10.3. The number of rotatable bonds is 7. The van der Waals surface area contributed by atoms with Crippen LogP contribution in [0, 0.1) is 11.3 Å². The van der Waals surface area contributed by atoms with Crippen LogP contribution in [-0.4, -0.2) is 40.2 Å². The molecule has 2 rings (SSSR count). The van der Waals surface area contributed by atoms with Crippen molar-refractivity contribution in [3.63, 3.8) is 0 Å². The van der Waals surface area contributed by atoms with Crippen LogP contribution < -0.4 is 0 Å². The predicted molar refractivity (Wildman–Crippen MR) is 92.0 cm³/mol. The average Bonchev–Trinajstić information content (AvgIpc) is 2.81. The van der Waals surface area contributed by atoms with Crippen LogP contribution in [0.4, 0.5) is 0 Å². The molecule has 0 saturated heterocycles. The minimum atomic E-state index is -0.288. The lowest BCUT2D eigenvalue weighted by Gasteiger charge is -2.08. The number of carbonyl (C=O) groups excluding carboxylic acids is 1. The SMILES string of the molecule is C[S+](C)CCOCn1c(C(=O)CC#N)nc2cc(Br)ccc21. The van der Waals surface area contributed by atoms with Gasteiger partial charge in [0.15, 0.2) is 5.82 Å². The number of nitriles is 1. The zero-order valence-electron chi connectivity index (χ0n) is 12.5. The molecular weight excluding hydrogens is 366 g/mol. The first-order valence-corrected chi connectivity index (χ1v) is 9.71. The second kappa shape index (κ2) is 7.77. The van der Waals surface area contributed by atoms with Crippen LogP contribution in [0.5, 0.6) is 0 Å². The number of imidazole rings is 1. The molecule has 116 valence electrons. The zero-order chi connectivity index (χ0) is 16.1. The average molecular weight is 383 g/mol. The largest absolute Gasteiger partial charge is 0.356 e. The van der Waals surface area contributed by atoms with E-state index in [0.717, 1.165) is 15.7 Å². The van der Waals surface area contributed by atoms with Gasteiger partial charge < -0.3 is 4.74 Å². The molecule has 0 fully saturated rings. The van der Waals surface area contributed by atoms with Gasteiger partial charge in [-0.3, -0.25) is 9.36 Å². The van der Waals surface area contributed by atoms with Crippen LogP contribution in [0.15, 0.2) is 22.7 Å². The molecule has 0 amide bonds. The molecule has 1 aromatic heterocycles. The molecule has 0 N–H and O–H groups in total. The molecule has 7 heteroatoms. The summed E-state index contributed by atoms with van der Waals surface area (Å²) in [6.45, 7) is 0.903. The van der Waals surface area contributed by atoms with Crippen molar-refractivity contribution in [2.45, 2.75) is 13.2 Å². The maximum atomic E-state index is 12.1. The van der Waals surface area contributed by atoms with E-state index in [2.05, 4.69) is 33.4 Å². The first kappa shape index (κ1) is 17.0. The fraction of sp³-hybridized carbons (Fsp3) is 0.400. The Kier molecular flexibility index (Phi) is 6.00. The van der Waals surface area contributed by atoms with Gasteiger partial charge in [0.05, 0.1) is 36.2 Å². The topological polar surface area (TPSA) is 67.9 Å². The lowest BCUT2D eigenvalue weighted by Crippen LogP contribution is -2.15. The van der Waals surface area contributed by atoms with Crippen molar-refractivity contribution in [1.82, 2.24) is 9.55 Å². The predicted octanol–water partition coefficient (Wildman–Crippen LogP) is 2.75. The summed E-state index contributed by atoms with van der Waals surface area (Å²) in [6, 6.07) is 7.52. The molecule has 0 bridgehead atoms. The first-order chi connectivity index (χ1) is 10.5. The zero-order valence-corrected chi connectivity index (χ0v) is 14.9. The van der Waals surface area contributed by atoms with Gasteiger partial charge in [-0.2, -0.15) is 5.26 Å². The molecule has 5 nitrogen and oxygen atoms in total. The normalized spacial score (nSPS) is 11.0. The Morgan fingerprint density at radius 1 is 1.50 bits per heavy atom. The third-order valence-corrected chi connectivity index (χ3v) is 4.53. The first-order valence-electron chi connectivity index (χ1n) is 6.71. The van der Waals surface area contributed by atoms with E-state index in [4.69, 9.17) is 10.00 Å². The van der Waals surface area contributed by atoms with Gasteiger partial charge in [0.1, 0.15) is 18.9 Å². The highest BCUT2D eigenvalue weighted by Gasteiger charge is 2.17. The summed E-state index contributed by atoms with van der Waals surface area (Å²) in [5.74, 6) is 0.977. The number of ether oxygens (including phenoxy) is 1. The van der Waals surface area contributed by atoms with Crippen LogP contribution in [0.2, 0.25) is 0 Å². The highest BCUT2D eigenvalue weighted by molar-refractivity contribution is 9.10. The van der Waals surface area contributed by atoms with Gasteiger partial charge in [0, 0.05) is 4.47 Å². The molecule has 0 spiro atoms. The number of hydrogen-bond acceptors (Lipinski definition) is 4. The fourth-order valence-corrected chi connectivity index (χ4v) is 2.78. The van der Waals surface area contributed by atoms with Crippen molar-refractivity contribution in [1.29, 1.82) is 5.26 Å². The smallest absolute Gasteiger partial charge is 0.212 e. The number of fused-ring (bicyclic) bond motifs is 1. The van der Waals surface area contributed by atoms with Gasteiger partial charge in [-0.15, -0.1) is 0 Å². The van der Waals surface area contributed by atoms with E-state index in [1.54, 1.807) is 4.57 Å². The highest BCUT2D eigenvalue weighted by atomic mass is 79.9. The van der Waals surface area contributed by atoms with Gasteiger partial charge >= 0.3 is 0 Å². The van der Waals surface area contributed by atoms with Gasteiger partial charge in [-0.1, -0.05) is 15.9 Å². The third-order valence-electron chi connectivity index (χ3n) is 3.06. The molecule has 1 aromatic carbocycles. The number of hydrogen-bond donors (Lipinski definition) is 0. The number of Topliss-reactive ketones (excluding diaryl/α,β-unsaturated/α-hetero) is 1. The number of aromatic nitrogens is 2. The van der Waals surface area contributed by atoms with E-state index in [1.807, 2.05) is 24.3 Å². The summed E-state index contributed by atoms with van der Waals surface area (Å²) < 4.78 is 8.31. The molecular formula is C15H17BrN3O2S+. The lowest BCUT2D eigenvalue weighted by molar-refractivity contribution is 0.0838. The summed E-state index contributed by atoms with van der Waals surface area (Å²) in [6.07, 6.45) is 4.14. The Labute approximate surface area is 140 Å². The minimum Gasteiger partial charge on any atom is -0.356 e. The minimum absolute atomic E-state index is 0.183. The summed E-state index contributed by atoms with van der Waals surface area (Å²) >= 11 is 3.40. The number of ketones is 1. The van der Waals surface area contributed by atoms with E-state index < -0.39 is 0 Å².